The monoisotopic (exact) mass is 280 g/mol. The number of methoxy groups -OCH3 is 2. The highest BCUT2D eigenvalue weighted by Gasteiger charge is 2.21. The Hall–Kier alpha value is -2.24. The summed E-state index contributed by atoms with van der Waals surface area (Å²) < 4.78 is 9.73. The fourth-order valence-corrected chi connectivity index (χ4v) is 1.77. The minimum Gasteiger partial charge on any atom is -0.495 e. The van der Waals surface area contributed by atoms with Crippen LogP contribution in [-0.2, 0) is 9.53 Å². The number of carbonyl (C=O) groups excluding carboxylic acids is 2. The summed E-state index contributed by atoms with van der Waals surface area (Å²) in [6.45, 7) is 1.92. The molecular formula is C14H20N2O4. The third-order valence-electron chi connectivity index (χ3n) is 2.86. The third-order valence-corrected chi connectivity index (χ3v) is 2.86. The zero-order valence-corrected chi connectivity index (χ0v) is 11.9. The van der Waals surface area contributed by atoms with Gasteiger partial charge >= 0.3 is 5.97 Å². The lowest BCUT2D eigenvalue weighted by Crippen LogP contribution is -2.41. The molecule has 0 aliphatic heterocycles. The van der Waals surface area contributed by atoms with Gasteiger partial charge < -0.3 is 20.5 Å². The van der Waals surface area contributed by atoms with Crippen LogP contribution in [-0.4, -0.2) is 32.1 Å². The summed E-state index contributed by atoms with van der Waals surface area (Å²) in [5.41, 5.74) is 6.51. The molecule has 0 saturated heterocycles. The smallest absolute Gasteiger partial charge is 0.328 e. The largest absolute Gasteiger partial charge is 0.495 e. The Balaban J connectivity index is 2.86. The molecule has 0 bridgehead atoms. The van der Waals surface area contributed by atoms with Crippen LogP contribution in [0.1, 0.15) is 30.1 Å². The lowest BCUT2D eigenvalue weighted by molar-refractivity contribution is -0.143. The molecule has 0 aliphatic carbocycles. The molecule has 0 unspecified atom stereocenters. The number of esters is 1. The first kappa shape index (κ1) is 15.8. The molecule has 3 N–H and O–H groups in total. The van der Waals surface area contributed by atoms with Gasteiger partial charge in [0.2, 0.25) is 0 Å². The number of nitrogen functional groups attached to an aromatic ring is 1. The summed E-state index contributed by atoms with van der Waals surface area (Å²) in [5, 5.41) is 2.65. The van der Waals surface area contributed by atoms with Gasteiger partial charge in [-0.25, -0.2) is 4.79 Å². The van der Waals surface area contributed by atoms with E-state index in [9.17, 15) is 9.59 Å². The van der Waals surface area contributed by atoms with Crippen LogP contribution < -0.4 is 15.8 Å². The van der Waals surface area contributed by atoms with Crippen molar-refractivity contribution in [3.63, 3.8) is 0 Å². The van der Waals surface area contributed by atoms with Crippen molar-refractivity contribution < 1.29 is 19.1 Å². The number of benzene rings is 1. The van der Waals surface area contributed by atoms with E-state index in [0.717, 1.165) is 6.42 Å². The maximum atomic E-state index is 12.1. The van der Waals surface area contributed by atoms with Gasteiger partial charge in [-0.2, -0.15) is 0 Å². The first-order valence-electron chi connectivity index (χ1n) is 6.35. The van der Waals surface area contributed by atoms with Gasteiger partial charge in [-0.05, 0) is 24.6 Å². The summed E-state index contributed by atoms with van der Waals surface area (Å²) in [6.07, 6.45) is 1.27. The Labute approximate surface area is 118 Å². The van der Waals surface area contributed by atoms with Crippen LogP contribution in [0, 0.1) is 0 Å². The maximum Gasteiger partial charge on any atom is 0.328 e. The Morgan fingerprint density at radius 2 is 2.05 bits per heavy atom. The molecular weight excluding hydrogens is 260 g/mol. The van der Waals surface area contributed by atoms with Gasteiger partial charge in [-0.1, -0.05) is 13.3 Å². The van der Waals surface area contributed by atoms with Gasteiger partial charge in [0.15, 0.2) is 0 Å². The van der Waals surface area contributed by atoms with Crippen molar-refractivity contribution >= 4 is 17.6 Å². The summed E-state index contributed by atoms with van der Waals surface area (Å²) in [7, 11) is 2.77. The molecule has 6 nitrogen and oxygen atoms in total. The fourth-order valence-electron chi connectivity index (χ4n) is 1.77. The van der Waals surface area contributed by atoms with E-state index in [1.54, 1.807) is 12.1 Å². The van der Waals surface area contributed by atoms with Crippen LogP contribution in [0.25, 0.3) is 0 Å². The molecule has 1 atom stereocenters. The summed E-state index contributed by atoms with van der Waals surface area (Å²) in [6, 6.07) is 4.04. The minimum atomic E-state index is -0.652. The van der Waals surface area contributed by atoms with E-state index in [4.69, 9.17) is 10.5 Å². The molecule has 0 saturated carbocycles. The van der Waals surface area contributed by atoms with E-state index in [-0.39, 0.29) is 5.91 Å². The molecule has 1 aromatic rings. The van der Waals surface area contributed by atoms with Crippen LogP contribution in [0.5, 0.6) is 5.75 Å². The van der Waals surface area contributed by atoms with Crippen LogP contribution in [0.2, 0.25) is 0 Å². The Bertz CT molecular complexity index is 488. The third kappa shape index (κ3) is 3.88. The molecule has 6 heteroatoms. The van der Waals surface area contributed by atoms with Crippen molar-refractivity contribution in [2.45, 2.75) is 25.8 Å². The minimum absolute atomic E-state index is 0.368. The van der Waals surface area contributed by atoms with Gasteiger partial charge in [0.25, 0.3) is 5.91 Å². The number of rotatable bonds is 6. The number of amides is 1. The lowest BCUT2D eigenvalue weighted by Gasteiger charge is -2.16. The molecule has 0 fully saturated rings. The SMILES string of the molecule is CCC[C@H](NC(=O)c1ccc(N)c(OC)c1)C(=O)OC. The van der Waals surface area contributed by atoms with Crippen molar-refractivity contribution in [2.24, 2.45) is 0 Å². The van der Waals surface area contributed by atoms with Crippen LogP contribution in [0.4, 0.5) is 5.69 Å². The van der Waals surface area contributed by atoms with E-state index in [2.05, 4.69) is 10.1 Å². The molecule has 110 valence electrons. The van der Waals surface area contributed by atoms with E-state index >= 15 is 0 Å². The Morgan fingerprint density at radius 3 is 2.60 bits per heavy atom. The summed E-state index contributed by atoms with van der Waals surface area (Å²) >= 11 is 0. The second-order valence-electron chi connectivity index (χ2n) is 4.29. The van der Waals surface area contributed by atoms with E-state index in [1.165, 1.54) is 20.3 Å². The van der Waals surface area contributed by atoms with Gasteiger partial charge in [0, 0.05) is 5.56 Å². The average Bonchev–Trinajstić information content (AvgIpc) is 2.46. The molecule has 0 spiro atoms. The van der Waals surface area contributed by atoms with Crippen molar-refractivity contribution in [3.05, 3.63) is 23.8 Å². The van der Waals surface area contributed by atoms with Crippen molar-refractivity contribution in [3.8, 4) is 5.75 Å². The highest BCUT2D eigenvalue weighted by molar-refractivity contribution is 5.97. The number of nitrogens with two attached hydrogens (primary N) is 1. The molecule has 20 heavy (non-hydrogen) atoms. The second-order valence-corrected chi connectivity index (χ2v) is 4.29. The van der Waals surface area contributed by atoms with Crippen molar-refractivity contribution in [2.75, 3.05) is 20.0 Å². The number of hydrogen-bond donors (Lipinski definition) is 2. The first-order chi connectivity index (χ1) is 9.53. The fraction of sp³-hybridized carbons (Fsp3) is 0.429. The van der Waals surface area contributed by atoms with Gasteiger partial charge in [-0.15, -0.1) is 0 Å². The zero-order valence-electron chi connectivity index (χ0n) is 11.9. The summed E-state index contributed by atoms with van der Waals surface area (Å²) in [4.78, 5) is 23.7. The molecule has 0 radical (unpaired) electrons. The number of hydrogen-bond acceptors (Lipinski definition) is 5. The zero-order chi connectivity index (χ0) is 15.1. The molecule has 0 aromatic heterocycles. The number of nitrogens with one attached hydrogen (secondary N) is 1. The van der Waals surface area contributed by atoms with E-state index in [0.29, 0.717) is 23.4 Å². The molecule has 1 rings (SSSR count). The predicted octanol–water partition coefficient (Wildman–Crippen LogP) is 1.35. The van der Waals surface area contributed by atoms with Crippen LogP contribution >= 0.6 is 0 Å². The van der Waals surface area contributed by atoms with Gasteiger partial charge in [0.1, 0.15) is 11.8 Å². The lowest BCUT2D eigenvalue weighted by atomic mass is 10.1. The van der Waals surface area contributed by atoms with Gasteiger partial charge in [0.05, 0.1) is 19.9 Å². The highest BCUT2D eigenvalue weighted by atomic mass is 16.5. The topological polar surface area (TPSA) is 90.7 Å². The number of anilines is 1. The van der Waals surface area contributed by atoms with E-state index in [1.807, 2.05) is 6.92 Å². The van der Waals surface area contributed by atoms with Crippen molar-refractivity contribution in [1.29, 1.82) is 0 Å². The van der Waals surface area contributed by atoms with Crippen LogP contribution in [0.15, 0.2) is 18.2 Å². The standard InChI is InChI=1S/C14H20N2O4/c1-4-5-11(14(18)20-3)16-13(17)9-6-7-10(15)12(8-9)19-2/h6-8,11H,4-5,15H2,1-3H3,(H,16,17)/t11-/m0/s1. The van der Waals surface area contributed by atoms with E-state index < -0.39 is 12.0 Å². The maximum absolute atomic E-state index is 12.1. The number of ether oxygens (including phenoxy) is 2. The Morgan fingerprint density at radius 1 is 1.35 bits per heavy atom. The normalized spacial score (nSPS) is 11.6. The number of carbonyl (C=O) groups is 2. The highest BCUT2D eigenvalue weighted by Crippen LogP contribution is 2.22. The van der Waals surface area contributed by atoms with Crippen LogP contribution in [0.3, 0.4) is 0 Å². The predicted molar refractivity (Wildman–Crippen MR) is 75.6 cm³/mol. The molecule has 1 amide bonds. The quantitative estimate of drug-likeness (QED) is 0.606. The van der Waals surface area contributed by atoms with Crippen molar-refractivity contribution in [1.82, 2.24) is 5.32 Å². The summed E-state index contributed by atoms with van der Waals surface area (Å²) in [5.74, 6) is -0.405. The second kappa shape index (κ2) is 7.37. The molecule has 1 aromatic carbocycles. The average molecular weight is 280 g/mol. The molecule has 0 heterocycles. The molecule has 0 aliphatic rings. The first-order valence-corrected chi connectivity index (χ1v) is 6.35. The Kier molecular flexibility index (Phi) is 5.83. The van der Waals surface area contributed by atoms with Gasteiger partial charge in [-0.3, -0.25) is 4.79 Å².